The number of aromatic nitrogens is 5. The van der Waals surface area contributed by atoms with Gasteiger partial charge in [-0.2, -0.15) is 0 Å². The number of nitrogens with two attached hydrogens (primary N) is 1. The molecule has 8 heterocycles. The van der Waals surface area contributed by atoms with Gasteiger partial charge in [0.15, 0.2) is 0 Å². The molecule has 0 spiro atoms. The molecule has 4 aliphatic rings. The molecule has 1 atom stereocenters. The molecule has 2 fully saturated rings. The summed E-state index contributed by atoms with van der Waals surface area (Å²) in [7, 11) is 0. The standard InChI is InChI=1S/C27H28N6O3S.C8H9N/c1-14-31-32-26(36-14)20-17(5-4-15-7-11-35-12-8-15)30-23-18-3-2-10-33(18)27(34)22(23)21(20)19-13-16-6-9-29-25(28)24(16)37-19;1-3-7-4-2-6-9-8(7)5-1/h6,9,13,15,18H,2-5,7-8,10-12H2,1H3,(H2,28,29);2,4,6H,1,3,5H2. The number of carbonyl (C=O) groups is 1. The monoisotopic (exact) mass is 635 g/mol. The topological polar surface area (TPSA) is 133 Å². The van der Waals surface area contributed by atoms with Crippen LogP contribution in [0.4, 0.5) is 5.82 Å². The number of rotatable bonds is 5. The number of carbonyl (C=O) groups excluding carboxylic acids is 1. The zero-order chi connectivity index (χ0) is 31.2. The maximum Gasteiger partial charge on any atom is 0.257 e. The molecule has 46 heavy (non-hydrogen) atoms. The third-order valence-corrected chi connectivity index (χ3v) is 11.0. The van der Waals surface area contributed by atoms with Crippen molar-refractivity contribution in [1.82, 2.24) is 30.0 Å². The van der Waals surface area contributed by atoms with Crippen molar-refractivity contribution in [3.05, 3.63) is 70.8 Å². The van der Waals surface area contributed by atoms with Crippen LogP contribution in [0.1, 0.15) is 83.5 Å². The number of hydrogen-bond donors (Lipinski definition) is 1. The van der Waals surface area contributed by atoms with Crippen LogP contribution in [0.3, 0.4) is 0 Å². The molecule has 0 radical (unpaired) electrons. The molecule has 0 saturated carbocycles. The first-order chi connectivity index (χ1) is 22.5. The highest BCUT2D eigenvalue weighted by atomic mass is 32.1. The Bertz CT molecular complexity index is 1910. The zero-order valence-electron chi connectivity index (χ0n) is 26.0. The number of aryl methyl sites for hydroxylation is 4. The van der Waals surface area contributed by atoms with Crippen LogP contribution in [0, 0.1) is 12.8 Å². The number of amides is 1. The Morgan fingerprint density at radius 2 is 1.91 bits per heavy atom. The highest BCUT2D eigenvalue weighted by molar-refractivity contribution is 7.22. The van der Waals surface area contributed by atoms with E-state index in [1.54, 1.807) is 24.5 Å². The minimum absolute atomic E-state index is 0.0302. The van der Waals surface area contributed by atoms with Crippen molar-refractivity contribution in [3.8, 4) is 21.9 Å². The maximum atomic E-state index is 13.8. The number of anilines is 1. The highest BCUT2D eigenvalue weighted by Crippen LogP contribution is 2.50. The van der Waals surface area contributed by atoms with Gasteiger partial charge in [0.05, 0.1) is 33.3 Å². The molecule has 1 unspecified atom stereocenters. The van der Waals surface area contributed by atoms with Crippen molar-refractivity contribution in [2.75, 3.05) is 25.5 Å². The molecule has 11 heteroatoms. The number of nitrogen functional groups attached to an aromatic ring is 1. The zero-order valence-corrected chi connectivity index (χ0v) is 26.8. The maximum absolute atomic E-state index is 13.8. The molecule has 5 aromatic heterocycles. The van der Waals surface area contributed by atoms with Crippen molar-refractivity contribution in [1.29, 1.82) is 0 Å². The summed E-state index contributed by atoms with van der Waals surface area (Å²) >= 11 is 1.55. The van der Waals surface area contributed by atoms with E-state index < -0.39 is 0 Å². The van der Waals surface area contributed by atoms with Crippen molar-refractivity contribution < 1.29 is 13.9 Å². The quantitative estimate of drug-likeness (QED) is 0.229. The smallest absolute Gasteiger partial charge is 0.257 e. The summed E-state index contributed by atoms with van der Waals surface area (Å²) in [6.45, 7) is 4.17. The van der Waals surface area contributed by atoms with Gasteiger partial charge in [0.1, 0.15) is 5.82 Å². The van der Waals surface area contributed by atoms with E-state index in [1.807, 2.05) is 23.2 Å². The van der Waals surface area contributed by atoms with Crippen LogP contribution in [0.2, 0.25) is 0 Å². The molecule has 9 rings (SSSR count). The second-order valence-corrected chi connectivity index (χ2v) is 13.7. The molecule has 0 aromatic carbocycles. The normalized spacial score (nSPS) is 18.8. The van der Waals surface area contributed by atoms with Crippen LogP contribution in [0.25, 0.3) is 32.0 Å². The van der Waals surface area contributed by atoms with E-state index in [1.165, 1.54) is 30.5 Å². The minimum atomic E-state index is 0.0302. The van der Waals surface area contributed by atoms with E-state index in [0.717, 1.165) is 95.8 Å². The van der Waals surface area contributed by atoms with Crippen molar-refractivity contribution in [2.45, 2.75) is 70.8 Å². The number of fused-ring (bicyclic) bond motifs is 5. The lowest BCUT2D eigenvalue weighted by atomic mass is 9.90. The average Bonchev–Trinajstić information content (AvgIpc) is 3.91. The van der Waals surface area contributed by atoms with E-state index in [0.29, 0.717) is 29.1 Å². The van der Waals surface area contributed by atoms with Gasteiger partial charge in [-0.05, 0) is 92.9 Å². The van der Waals surface area contributed by atoms with Crippen molar-refractivity contribution in [2.24, 2.45) is 5.92 Å². The number of ether oxygens (including phenoxy) is 1. The molecule has 1 amide bonds. The van der Waals surface area contributed by atoms with Gasteiger partial charge >= 0.3 is 0 Å². The Labute approximate surface area is 271 Å². The van der Waals surface area contributed by atoms with Gasteiger partial charge in [-0.25, -0.2) is 4.98 Å². The molecule has 3 aliphatic heterocycles. The summed E-state index contributed by atoms with van der Waals surface area (Å²) in [5.74, 6) is 2.00. The third kappa shape index (κ3) is 5.25. The molecule has 236 valence electrons. The number of thiophene rings is 1. The predicted octanol–water partition coefficient (Wildman–Crippen LogP) is 6.52. The van der Waals surface area contributed by atoms with Crippen LogP contribution >= 0.6 is 11.3 Å². The number of hydrogen-bond acceptors (Lipinski definition) is 10. The summed E-state index contributed by atoms with van der Waals surface area (Å²) < 4.78 is 12.5. The fraction of sp³-hybridized carbons (Fsp3) is 0.429. The van der Waals surface area contributed by atoms with Crippen LogP contribution in [0.5, 0.6) is 0 Å². The summed E-state index contributed by atoms with van der Waals surface area (Å²) in [6.07, 6.45) is 13.2. The fourth-order valence-corrected chi connectivity index (χ4v) is 8.57. The van der Waals surface area contributed by atoms with Gasteiger partial charge in [-0.15, -0.1) is 21.5 Å². The highest BCUT2D eigenvalue weighted by Gasteiger charge is 2.45. The largest absolute Gasteiger partial charge is 0.421 e. The lowest BCUT2D eigenvalue weighted by Crippen LogP contribution is -2.22. The first kappa shape index (κ1) is 29.2. The van der Waals surface area contributed by atoms with Gasteiger partial charge in [-0.1, -0.05) is 6.07 Å². The minimum Gasteiger partial charge on any atom is -0.421 e. The summed E-state index contributed by atoms with van der Waals surface area (Å²) in [4.78, 5) is 30.5. The molecule has 1 aliphatic carbocycles. The molecular formula is C35H37N7O3S. The van der Waals surface area contributed by atoms with E-state index in [4.69, 9.17) is 19.9 Å². The van der Waals surface area contributed by atoms with E-state index in [9.17, 15) is 4.79 Å². The fourth-order valence-electron chi connectivity index (χ4n) is 7.46. The Morgan fingerprint density at radius 1 is 1.02 bits per heavy atom. The number of pyridine rings is 3. The molecular weight excluding hydrogens is 598 g/mol. The third-order valence-electron chi connectivity index (χ3n) is 9.77. The summed E-state index contributed by atoms with van der Waals surface area (Å²) in [6, 6.07) is 8.27. The summed E-state index contributed by atoms with van der Waals surface area (Å²) in [5.41, 5.74) is 13.1. The first-order valence-electron chi connectivity index (χ1n) is 16.4. The lowest BCUT2D eigenvalue weighted by Gasteiger charge is -2.22. The van der Waals surface area contributed by atoms with E-state index >= 15 is 0 Å². The number of nitrogens with zero attached hydrogens (tertiary/aromatic N) is 6. The van der Waals surface area contributed by atoms with Crippen molar-refractivity contribution in [3.63, 3.8) is 0 Å². The molecule has 2 saturated heterocycles. The first-order valence-corrected chi connectivity index (χ1v) is 17.2. The Balaban J connectivity index is 0.000000297. The van der Waals surface area contributed by atoms with Crippen LogP contribution in [0.15, 0.2) is 41.1 Å². The van der Waals surface area contributed by atoms with Crippen LogP contribution in [-0.4, -0.2) is 55.7 Å². The molecule has 10 nitrogen and oxygen atoms in total. The summed E-state index contributed by atoms with van der Waals surface area (Å²) in [5, 5.41) is 9.55. The van der Waals surface area contributed by atoms with Gasteiger partial charge < -0.3 is 19.8 Å². The van der Waals surface area contributed by atoms with Gasteiger partial charge in [0.25, 0.3) is 5.91 Å². The van der Waals surface area contributed by atoms with Gasteiger partial charge in [0, 0.05) is 55.2 Å². The molecule has 0 bridgehead atoms. The van der Waals surface area contributed by atoms with Crippen LogP contribution < -0.4 is 5.73 Å². The lowest BCUT2D eigenvalue weighted by molar-refractivity contribution is 0.0639. The second kappa shape index (κ2) is 12.2. The van der Waals surface area contributed by atoms with Crippen molar-refractivity contribution >= 4 is 33.1 Å². The van der Waals surface area contributed by atoms with Gasteiger partial charge in [-0.3, -0.25) is 14.8 Å². The van der Waals surface area contributed by atoms with E-state index in [-0.39, 0.29) is 11.9 Å². The van der Waals surface area contributed by atoms with Crippen LogP contribution in [-0.2, 0) is 24.0 Å². The SMILES string of the molecule is Cc1nnc(-c2c(CCC3CCOCC3)nc3c(c2-c2cc4ccnc(N)c4s2)C(=O)N2CCCC32)o1.c1cnc2c(c1)CCC2. The Hall–Kier alpha value is -4.22. The van der Waals surface area contributed by atoms with Gasteiger partial charge in [0.2, 0.25) is 11.8 Å². The molecule has 2 N–H and O–H groups in total. The Kier molecular flexibility index (Phi) is 7.73. The van der Waals surface area contributed by atoms with E-state index in [2.05, 4.69) is 32.3 Å². The second-order valence-electron chi connectivity index (χ2n) is 12.6. The predicted molar refractivity (Wildman–Crippen MR) is 176 cm³/mol. The Morgan fingerprint density at radius 3 is 2.72 bits per heavy atom. The average molecular weight is 636 g/mol. The molecule has 5 aromatic rings.